The zero-order chi connectivity index (χ0) is 19.5. The first kappa shape index (κ1) is 18.0. The van der Waals surface area contributed by atoms with Crippen LogP contribution in [-0.4, -0.2) is 26.5 Å². The Kier molecular flexibility index (Phi) is 4.98. The van der Waals surface area contributed by atoms with Gasteiger partial charge in [-0.3, -0.25) is 0 Å². The molecule has 28 heavy (non-hydrogen) atoms. The normalized spacial score (nSPS) is 12.5. The maximum Gasteiger partial charge on any atom is 0.144 e. The van der Waals surface area contributed by atoms with Gasteiger partial charge in [0.05, 0.1) is 5.52 Å². The SMILES string of the molecule is CC.Cc1ccc2c(c1)N(c1ncnc3ccc(-c4cncnc4)cc13)CC2. The highest BCUT2D eigenvalue weighted by Crippen LogP contribution is 2.37. The highest BCUT2D eigenvalue weighted by atomic mass is 15.2. The summed E-state index contributed by atoms with van der Waals surface area (Å²) in [5, 5.41) is 1.04. The molecule has 1 aliphatic rings. The van der Waals surface area contributed by atoms with Crippen LogP contribution in [0.25, 0.3) is 22.0 Å². The van der Waals surface area contributed by atoms with E-state index >= 15 is 0 Å². The molecule has 0 atom stereocenters. The van der Waals surface area contributed by atoms with E-state index in [0.29, 0.717) is 0 Å². The second-order valence-electron chi connectivity index (χ2n) is 6.59. The number of anilines is 2. The molecule has 0 spiro atoms. The molecule has 0 N–H and O–H groups in total. The molecule has 0 bridgehead atoms. The Hall–Kier alpha value is -3.34. The summed E-state index contributed by atoms with van der Waals surface area (Å²) in [6, 6.07) is 12.9. The van der Waals surface area contributed by atoms with Crippen LogP contribution in [0.15, 0.2) is 61.4 Å². The number of hydrogen-bond acceptors (Lipinski definition) is 5. The summed E-state index contributed by atoms with van der Waals surface area (Å²) in [5.74, 6) is 0.957. The molecule has 0 saturated heterocycles. The van der Waals surface area contributed by atoms with Crippen LogP contribution in [0.1, 0.15) is 25.0 Å². The fourth-order valence-electron chi connectivity index (χ4n) is 3.60. The molecule has 0 aliphatic carbocycles. The van der Waals surface area contributed by atoms with Crippen molar-refractivity contribution in [2.45, 2.75) is 27.2 Å². The lowest BCUT2D eigenvalue weighted by Gasteiger charge is -2.20. The van der Waals surface area contributed by atoms with Gasteiger partial charge in [-0.15, -0.1) is 0 Å². The fourth-order valence-corrected chi connectivity index (χ4v) is 3.60. The second-order valence-corrected chi connectivity index (χ2v) is 6.59. The van der Waals surface area contributed by atoms with E-state index < -0.39 is 0 Å². The maximum atomic E-state index is 4.64. The summed E-state index contributed by atoms with van der Waals surface area (Å²) in [6.07, 6.45) is 7.88. The fraction of sp³-hybridized carbons (Fsp3) is 0.217. The molecule has 5 heteroatoms. The molecule has 2 aromatic heterocycles. The van der Waals surface area contributed by atoms with Crippen molar-refractivity contribution in [2.75, 3.05) is 11.4 Å². The smallest absolute Gasteiger partial charge is 0.144 e. The summed E-state index contributed by atoms with van der Waals surface area (Å²) >= 11 is 0. The number of fused-ring (bicyclic) bond motifs is 2. The summed E-state index contributed by atoms with van der Waals surface area (Å²) in [4.78, 5) is 19.6. The largest absolute Gasteiger partial charge is 0.325 e. The van der Waals surface area contributed by atoms with Gasteiger partial charge in [-0.2, -0.15) is 0 Å². The average molecular weight is 369 g/mol. The van der Waals surface area contributed by atoms with E-state index in [2.05, 4.69) is 62.1 Å². The predicted molar refractivity (Wildman–Crippen MR) is 114 cm³/mol. The van der Waals surface area contributed by atoms with Crippen molar-refractivity contribution in [3.8, 4) is 11.1 Å². The van der Waals surface area contributed by atoms with Crippen molar-refractivity contribution in [3.63, 3.8) is 0 Å². The van der Waals surface area contributed by atoms with E-state index in [9.17, 15) is 0 Å². The minimum atomic E-state index is 0.934. The van der Waals surface area contributed by atoms with Crippen LogP contribution in [0.3, 0.4) is 0 Å². The maximum absolute atomic E-state index is 4.64. The minimum Gasteiger partial charge on any atom is -0.325 e. The first-order valence-electron chi connectivity index (χ1n) is 9.67. The van der Waals surface area contributed by atoms with E-state index in [1.165, 1.54) is 16.8 Å². The highest BCUT2D eigenvalue weighted by molar-refractivity contribution is 5.95. The van der Waals surface area contributed by atoms with Crippen molar-refractivity contribution in [1.29, 1.82) is 0 Å². The molecule has 4 aromatic rings. The van der Waals surface area contributed by atoms with Gasteiger partial charge in [0.15, 0.2) is 0 Å². The summed E-state index contributed by atoms with van der Waals surface area (Å²) in [7, 11) is 0. The van der Waals surface area contributed by atoms with E-state index in [1.807, 2.05) is 32.3 Å². The van der Waals surface area contributed by atoms with Gasteiger partial charge >= 0.3 is 0 Å². The van der Waals surface area contributed by atoms with Gasteiger partial charge in [0, 0.05) is 35.6 Å². The Bertz CT molecular complexity index is 1110. The number of aryl methyl sites for hydroxylation is 1. The topological polar surface area (TPSA) is 54.8 Å². The van der Waals surface area contributed by atoms with Crippen molar-refractivity contribution >= 4 is 22.4 Å². The predicted octanol–water partition coefficient (Wildman–Crippen LogP) is 5.12. The standard InChI is InChI=1S/C21H17N5.C2H6/c1-14-2-3-15-6-7-26(20(15)8-14)21-18-9-16(17-10-22-12-23-11-17)4-5-19(18)24-13-25-21;1-2/h2-5,8-13H,6-7H2,1H3;1-2H3. The Morgan fingerprint density at radius 2 is 1.68 bits per heavy atom. The van der Waals surface area contributed by atoms with E-state index in [1.54, 1.807) is 12.7 Å². The number of aromatic nitrogens is 4. The molecular weight excluding hydrogens is 346 g/mol. The van der Waals surface area contributed by atoms with Crippen molar-refractivity contribution in [1.82, 2.24) is 19.9 Å². The number of benzene rings is 2. The van der Waals surface area contributed by atoms with Crippen molar-refractivity contribution < 1.29 is 0 Å². The Morgan fingerprint density at radius 1 is 0.857 bits per heavy atom. The first-order valence-corrected chi connectivity index (χ1v) is 9.67. The molecule has 2 aromatic carbocycles. The molecule has 3 heterocycles. The summed E-state index contributed by atoms with van der Waals surface area (Å²) in [6.45, 7) is 7.06. The van der Waals surface area contributed by atoms with E-state index in [0.717, 1.165) is 40.8 Å². The molecule has 140 valence electrons. The van der Waals surface area contributed by atoms with Gasteiger partial charge in [-0.25, -0.2) is 19.9 Å². The molecule has 5 nitrogen and oxygen atoms in total. The van der Waals surface area contributed by atoms with Gasteiger partial charge in [0.1, 0.15) is 18.5 Å². The molecule has 0 radical (unpaired) electrons. The van der Waals surface area contributed by atoms with E-state index in [4.69, 9.17) is 0 Å². The first-order chi connectivity index (χ1) is 13.8. The second kappa shape index (κ2) is 7.72. The van der Waals surface area contributed by atoms with E-state index in [-0.39, 0.29) is 0 Å². The Morgan fingerprint density at radius 3 is 2.50 bits per heavy atom. The third-order valence-electron chi connectivity index (χ3n) is 4.90. The number of hydrogen-bond donors (Lipinski definition) is 0. The van der Waals surface area contributed by atoms with Crippen LogP contribution < -0.4 is 4.90 Å². The van der Waals surface area contributed by atoms with Crippen LogP contribution >= 0.6 is 0 Å². The molecule has 0 fully saturated rings. The number of rotatable bonds is 2. The molecule has 5 rings (SSSR count). The number of nitrogens with zero attached hydrogens (tertiary/aromatic N) is 5. The van der Waals surface area contributed by atoms with Gasteiger partial charge in [0.25, 0.3) is 0 Å². The van der Waals surface area contributed by atoms with Gasteiger partial charge < -0.3 is 4.90 Å². The third-order valence-corrected chi connectivity index (χ3v) is 4.90. The van der Waals surface area contributed by atoms with Gasteiger partial charge in [-0.05, 0) is 48.2 Å². The molecule has 1 aliphatic heterocycles. The average Bonchev–Trinajstić information content (AvgIpc) is 3.18. The van der Waals surface area contributed by atoms with Crippen LogP contribution in [0.5, 0.6) is 0 Å². The molecule has 0 saturated carbocycles. The van der Waals surface area contributed by atoms with Gasteiger partial charge in [0.2, 0.25) is 0 Å². The minimum absolute atomic E-state index is 0.934. The van der Waals surface area contributed by atoms with Crippen LogP contribution in [0.2, 0.25) is 0 Å². The monoisotopic (exact) mass is 369 g/mol. The van der Waals surface area contributed by atoms with Gasteiger partial charge in [-0.1, -0.05) is 32.0 Å². The molecule has 0 amide bonds. The lowest BCUT2D eigenvalue weighted by atomic mass is 10.1. The molecule has 0 unspecified atom stereocenters. The van der Waals surface area contributed by atoms with Crippen LogP contribution in [-0.2, 0) is 6.42 Å². The summed E-state index contributed by atoms with van der Waals surface area (Å²) in [5.41, 5.74) is 6.88. The summed E-state index contributed by atoms with van der Waals surface area (Å²) < 4.78 is 0. The third kappa shape index (κ3) is 3.20. The lowest BCUT2D eigenvalue weighted by molar-refractivity contribution is 0.974. The van der Waals surface area contributed by atoms with Crippen molar-refractivity contribution in [2.24, 2.45) is 0 Å². The Labute approximate surface area is 165 Å². The van der Waals surface area contributed by atoms with Crippen LogP contribution in [0, 0.1) is 6.92 Å². The molecular formula is C23H23N5. The lowest BCUT2D eigenvalue weighted by Crippen LogP contribution is -2.15. The zero-order valence-corrected chi connectivity index (χ0v) is 16.4. The highest BCUT2D eigenvalue weighted by Gasteiger charge is 2.23. The van der Waals surface area contributed by atoms with Crippen LogP contribution in [0.4, 0.5) is 11.5 Å². The quantitative estimate of drug-likeness (QED) is 0.491. The Balaban J connectivity index is 0.000000932. The zero-order valence-electron chi connectivity index (χ0n) is 16.4. The van der Waals surface area contributed by atoms with Crippen molar-refractivity contribution in [3.05, 3.63) is 72.6 Å².